The standard InChI is InChI=1S/C16H12N2O2/c1-3-15(11-17-9-1)19-13-5-7-14(8-6-13)20-16-4-2-10-18-12-16/h1-12H. The van der Waals surface area contributed by atoms with E-state index in [9.17, 15) is 0 Å². The lowest BCUT2D eigenvalue weighted by Crippen LogP contribution is -1.87. The molecule has 2 aromatic heterocycles. The molecule has 0 aliphatic heterocycles. The zero-order valence-corrected chi connectivity index (χ0v) is 10.6. The molecule has 3 aromatic rings. The first-order valence-electron chi connectivity index (χ1n) is 6.16. The van der Waals surface area contributed by atoms with Gasteiger partial charge in [-0.15, -0.1) is 0 Å². The molecule has 0 atom stereocenters. The van der Waals surface area contributed by atoms with Gasteiger partial charge in [0.1, 0.15) is 23.0 Å². The van der Waals surface area contributed by atoms with Crippen molar-refractivity contribution in [3.8, 4) is 23.0 Å². The van der Waals surface area contributed by atoms with Crippen LogP contribution in [0.3, 0.4) is 0 Å². The SMILES string of the molecule is c1cncc(Oc2ccc(Oc3cccnc3)cc2)c1. The summed E-state index contributed by atoms with van der Waals surface area (Å²) in [5.41, 5.74) is 0. The smallest absolute Gasteiger partial charge is 0.145 e. The molecule has 0 aliphatic carbocycles. The molecule has 0 saturated carbocycles. The number of benzene rings is 1. The van der Waals surface area contributed by atoms with E-state index in [1.54, 1.807) is 24.8 Å². The average molecular weight is 264 g/mol. The third-order valence-corrected chi connectivity index (χ3v) is 2.56. The Morgan fingerprint density at radius 1 is 0.550 bits per heavy atom. The van der Waals surface area contributed by atoms with E-state index in [2.05, 4.69) is 9.97 Å². The van der Waals surface area contributed by atoms with Crippen molar-refractivity contribution in [1.82, 2.24) is 9.97 Å². The molecule has 0 radical (unpaired) electrons. The van der Waals surface area contributed by atoms with E-state index >= 15 is 0 Å². The molecular weight excluding hydrogens is 252 g/mol. The number of ether oxygens (including phenoxy) is 2. The van der Waals surface area contributed by atoms with Gasteiger partial charge in [-0.1, -0.05) is 0 Å². The Morgan fingerprint density at radius 3 is 1.35 bits per heavy atom. The zero-order valence-electron chi connectivity index (χ0n) is 10.6. The fourth-order valence-corrected chi connectivity index (χ4v) is 1.66. The molecule has 2 heterocycles. The molecule has 0 bridgehead atoms. The largest absolute Gasteiger partial charge is 0.456 e. The van der Waals surface area contributed by atoms with Gasteiger partial charge in [-0.2, -0.15) is 0 Å². The van der Waals surface area contributed by atoms with Crippen molar-refractivity contribution in [3.05, 3.63) is 73.3 Å². The van der Waals surface area contributed by atoms with Gasteiger partial charge in [-0.3, -0.25) is 9.97 Å². The van der Waals surface area contributed by atoms with E-state index < -0.39 is 0 Å². The number of hydrogen-bond acceptors (Lipinski definition) is 4. The molecule has 0 unspecified atom stereocenters. The summed E-state index contributed by atoms with van der Waals surface area (Å²) in [5, 5.41) is 0. The first-order chi connectivity index (χ1) is 9.90. The molecule has 20 heavy (non-hydrogen) atoms. The Morgan fingerprint density at radius 2 is 1.00 bits per heavy atom. The van der Waals surface area contributed by atoms with Gasteiger partial charge in [0.25, 0.3) is 0 Å². The van der Waals surface area contributed by atoms with Crippen LogP contribution in [-0.2, 0) is 0 Å². The molecule has 0 saturated heterocycles. The van der Waals surface area contributed by atoms with Crippen LogP contribution >= 0.6 is 0 Å². The Labute approximate surface area is 116 Å². The Kier molecular flexibility index (Phi) is 3.55. The summed E-state index contributed by atoms with van der Waals surface area (Å²) >= 11 is 0. The van der Waals surface area contributed by atoms with E-state index in [-0.39, 0.29) is 0 Å². The summed E-state index contributed by atoms with van der Waals surface area (Å²) in [4.78, 5) is 8.00. The second-order valence-electron chi connectivity index (χ2n) is 4.05. The topological polar surface area (TPSA) is 44.2 Å². The van der Waals surface area contributed by atoms with E-state index in [1.165, 1.54) is 0 Å². The molecule has 0 spiro atoms. The minimum atomic E-state index is 0.702. The van der Waals surface area contributed by atoms with Crippen LogP contribution in [0, 0.1) is 0 Å². The minimum absolute atomic E-state index is 0.702. The maximum absolute atomic E-state index is 5.65. The van der Waals surface area contributed by atoms with Crippen LogP contribution in [-0.4, -0.2) is 9.97 Å². The summed E-state index contributed by atoms with van der Waals surface area (Å²) < 4.78 is 11.3. The maximum atomic E-state index is 5.65. The Hall–Kier alpha value is -2.88. The Balaban J connectivity index is 1.69. The molecule has 0 amide bonds. The van der Waals surface area contributed by atoms with Gasteiger partial charge in [-0.25, -0.2) is 0 Å². The maximum Gasteiger partial charge on any atom is 0.145 e. The van der Waals surface area contributed by atoms with Crippen LogP contribution in [0.1, 0.15) is 0 Å². The number of rotatable bonds is 4. The Bertz CT molecular complexity index is 595. The third kappa shape index (κ3) is 3.11. The van der Waals surface area contributed by atoms with Gasteiger partial charge in [0.05, 0.1) is 12.4 Å². The number of aromatic nitrogens is 2. The molecule has 0 aliphatic rings. The van der Waals surface area contributed by atoms with Gasteiger partial charge in [0.2, 0.25) is 0 Å². The van der Waals surface area contributed by atoms with Crippen LogP contribution in [0.2, 0.25) is 0 Å². The second kappa shape index (κ2) is 5.84. The summed E-state index contributed by atoms with van der Waals surface area (Å²) in [6.07, 6.45) is 6.75. The van der Waals surface area contributed by atoms with Crippen LogP contribution < -0.4 is 9.47 Å². The third-order valence-electron chi connectivity index (χ3n) is 2.56. The van der Waals surface area contributed by atoms with Gasteiger partial charge < -0.3 is 9.47 Å². The quantitative estimate of drug-likeness (QED) is 0.712. The summed E-state index contributed by atoms with van der Waals surface area (Å²) in [7, 11) is 0. The number of hydrogen-bond donors (Lipinski definition) is 0. The van der Waals surface area contributed by atoms with Crippen molar-refractivity contribution in [2.24, 2.45) is 0 Å². The van der Waals surface area contributed by atoms with E-state index in [1.807, 2.05) is 48.5 Å². The van der Waals surface area contributed by atoms with E-state index in [0.29, 0.717) is 11.5 Å². The average Bonchev–Trinajstić information content (AvgIpc) is 2.51. The number of nitrogens with zero attached hydrogens (tertiary/aromatic N) is 2. The molecule has 0 fully saturated rings. The predicted molar refractivity (Wildman–Crippen MR) is 75.1 cm³/mol. The molecule has 98 valence electrons. The molecule has 4 nitrogen and oxygen atoms in total. The highest BCUT2D eigenvalue weighted by Crippen LogP contribution is 2.25. The fourth-order valence-electron chi connectivity index (χ4n) is 1.66. The van der Waals surface area contributed by atoms with Gasteiger partial charge >= 0.3 is 0 Å². The molecular formula is C16H12N2O2. The van der Waals surface area contributed by atoms with Crippen LogP contribution in [0.5, 0.6) is 23.0 Å². The lowest BCUT2D eigenvalue weighted by molar-refractivity contribution is 0.467. The first-order valence-corrected chi connectivity index (χ1v) is 6.16. The van der Waals surface area contributed by atoms with Gasteiger partial charge in [0.15, 0.2) is 0 Å². The monoisotopic (exact) mass is 264 g/mol. The van der Waals surface area contributed by atoms with E-state index in [0.717, 1.165) is 11.5 Å². The highest BCUT2D eigenvalue weighted by molar-refractivity contribution is 5.36. The first kappa shape index (κ1) is 12.2. The highest BCUT2D eigenvalue weighted by Gasteiger charge is 1.99. The fraction of sp³-hybridized carbons (Fsp3) is 0. The van der Waals surface area contributed by atoms with Gasteiger partial charge in [0, 0.05) is 12.4 Å². The normalized spacial score (nSPS) is 10.0. The van der Waals surface area contributed by atoms with Crippen molar-refractivity contribution in [3.63, 3.8) is 0 Å². The molecule has 0 N–H and O–H groups in total. The lowest BCUT2D eigenvalue weighted by Gasteiger charge is -2.07. The van der Waals surface area contributed by atoms with Crippen LogP contribution in [0.25, 0.3) is 0 Å². The predicted octanol–water partition coefficient (Wildman–Crippen LogP) is 4.06. The zero-order chi connectivity index (χ0) is 13.6. The number of pyridine rings is 2. The van der Waals surface area contributed by atoms with Crippen molar-refractivity contribution in [2.45, 2.75) is 0 Å². The van der Waals surface area contributed by atoms with Crippen LogP contribution in [0.15, 0.2) is 73.3 Å². The summed E-state index contributed by atoms with van der Waals surface area (Å²) in [6.45, 7) is 0. The van der Waals surface area contributed by atoms with Crippen molar-refractivity contribution >= 4 is 0 Å². The molecule has 3 rings (SSSR count). The second-order valence-corrected chi connectivity index (χ2v) is 4.05. The molecule has 1 aromatic carbocycles. The van der Waals surface area contributed by atoms with Crippen LogP contribution in [0.4, 0.5) is 0 Å². The van der Waals surface area contributed by atoms with Crippen molar-refractivity contribution in [2.75, 3.05) is 0 Å². The summed E-state index contributed by atoms with van der Waals surface area (Å²) in [6, 6.07) is 14.7. The highest BCUT2D eigenvalue weighted by atomic mass is 16.5. The minimum Gasteiger partial charge on any atom is -0.456 e. The molecule has 4 heteroatoms. The summed E-state index contributed by atoms with van der Waals surface area (Å²) in [5.74, 6) is 2.87. The lowest BCUT2D eigenvalue weighted by atomic mass is 10.3. The van der Waals surface area contributed by atoms with Crippen molar-refractivity contribution in [1.29, 1.82) is 0 Å². The van der Waals surface area contributed by atoms with Crippen molar-refractivity contribution < 1.29 is 9.47 Å². The van der Waals surface area contributed by atoms with Gasteiger partial charge in [-0.05, 0) is 48.5 Å². The van der Waals surface area contributed by atoms with E-state index in [4.69, 9.17) is 9.47 Å².